The molecule has 2 rings (SSSR count). The fourth-order valence-electron chi connectivity index (χ4n) is 4.19. The Balaban J connectivity index is 0.00000338. The van der Waals surface area contributed by atoms with Crippen molar-refractivity contribution >= 4 is 35.8 Å². The summed E-state index contributed by atoms with van der Waals surface area (Å²) in [6.45, 7) is 8.98. The lowest BCUT2D eigenvalue weighted by Gasteiger charge is -2.34. The summed E-state index contributed by atoms with van der Waals surface area (Å²) in [5.41, 5.74) is 5.35. The summed E-state index contributed by atoms with van der Waals surface area (Å²) >= 11 is 0. The van der Waals surface area contributed by atoms with E-state index < -0.39 is 0 Å². The Hall–Kier alpha value is -0.570. The summed E-state index contributed by atoms with van der Waals surface area (Å²) in [6.07, 6.45) is 7.83. The van der Waals surface area contributed by atoms with Gasteiger partial charge in [-0.25, -0.2) is 0 Å². The minimum absolute atomic E-state index is 0. The molecule has 2 heterocycles. The third-order valence-corrected chi connectivity index (χ3v) is 5.45. The van der Waals surface area contributed by atoms with Gasteiger partial charge >= 0.3 is 0 Å². The molecule has 0 bridgehead atoms. The minimum atomic E-state index is -0.193. The number of nitrogens with zero attached hydrogens (tertiary/aromatic N) is 3. The van der Waals surface area contributed by atoms with E-state index in [0.717, 1.165) is 44.4 Å². The van der Waals surface area contributed by atoms with Gasteiger partial charge in [0.25, 0.3) is 0 Å². The molecule has 0 aromatic carbocycles. The van der Waals surface area contributed by atoms with Crippen molar-refractivity contribution in [2.24, 2.45) is 22.6 Å². The summed E-state index contributed by atoms with van der Waals surface area (Å²) < 4.78 is 0. The molecule has 2 aliphatic rings. The lowest BCUT2D eigenvalue weighted by molar-refractivity contribution is -0.119. The third kappa shape index (κ3) is 8.41. The normalized spacial score (nSPS) is 24.8. The summed E-state index contributed by atoms with van der Waals surface area (Å²) in [5.74, 6) is 2.01. The first kappa shape index (κ1) is 23.5. The second-order valence-corrected chi connectivity index (χ2v) is 7.85. The zero-order valence-corrected chi connectivity index (χ0v) is 18.9. The van der Waals surface area contributed by atoms with Crippen molar-refractivity contribution in [3.8, 4) is 0 Å². The van der Waals surface area contributed by atoms with Gasteiger partial charge in [-0.2, -0.15) is 0 Å². The number of nitrogens with one attached hydrogen (secondary N) is 1. The van der Waals surface area contributed by atoms with Crippen LogP contribution in [0.2, 0.25) is 0 Å². The number of likely N-dealkylation sites (tertiary alicyclic amines) is 2. The first-order valence-electron chi connectivity index (χ1n) is 10.0. The lowest BCUT2D eigenvalue weighted by Crippen LogP contribution is -2.47. The molecule has 0 spiro atoms. The quantitative estimate of drug-likeness (QED) is 0.254. The van der Waals surface area contributed by atoms with Crippen LogP contribution >= 0.6 is 24.0 Å². The first-order chi connectivity index (χ1) is 12.1. The Bertz CT molecular complexity index is 446. The number of rotatable bonds is 7. The van der Waals surface area contributed by atoms with E-state index in [4.69, 9.17) is 5.73 Å². The van der Waals surface area contributed by atoms with E-state index in [2.05, 4.69) is 27.0 Å². The number of hydrogen-bond donors (Lipinski definition) is 2. The number of carbonyl (C=O) groups is 1. The maximum absolute atomic E-state index is 11.2. The SMILES string of the molecule is CN=C(NCCCCN1CCCC(C)C1)N1CCCC(CC(N)=O)C1.I. The van der Waals surface area contributed by atoms with Crippen LogP contribution in [-0.2, 0) is 4.79 Å². The maximum Gasteiger partial charge on any atom is 0.217 e. The predicted octanol–water partition coefficient (Wildman–Crippen LogP) is 2.28. The highest BCUT2D eigenvalue weighted by Gasteiger charge is 2.23. The average molecular weight is 479 g/mol. The number of piperidine rings is 2. The van der Waals surface area contributed by atoms with E-state index in [1.165, 1.54) is 45.3 Å². The molecule has 0 aliphatic carbocycles. The number of unbranched alkanes of at least 4 members (excludes halogenated alkanes) is 1. The fourth-order valence-corrected chi connectivity index (χ4v) is 4.19. The molecular formula is C19H38IN5O. The Morgan fingerprint density at radius 1 is 1.19 bits per heavy atom. The molecular weight excluding hydrogens is 441 g/mol. The van der Waals surface area contributed by atoms with Crippen molar-refractivity contribution in [3.63, 3.8) is 0 Å². The van der Waals surface area contributed by atoms with Crippen LogP contribution in [0.1, 0.15) is 51.9 Å². The molecule has 6 nitrogen and oxygen atoms in total. The molecule has 2 unspecified atom stereocenters. The Morgan fingerprint density at radius 2 is 1.96 bits per heavy atom. The second kappa shape index (κ2) is 12.8. The Kier molecular flexibility index (Phi) is 11.5. The molecule has 3 N–H and O–H groups in total. The van der Waals surface area contributed by atoms with E-state index in [0.29, 0.717) is 12.3 Å². The van der Waals surface area contributed by atoms with E-state index >= 15 is 0 Å². The molecule has 2 atom stereocenters. The van der Waals surface area contributed by atoms with Gasteiger partial charge in [-0.15, -0.1) is 24.0 Å². The maximum atomic E-state index is 11.2. The van der Waals surface area contributed by atoms with E-state index in [1.807, 2.05) is 7.05 Å². The van der Waals surface area contributed by atoms with E-state index in [9.17, 15) is 4.79 Å². The molecule has 0 aromatic heterocycles. The standard InChI is InChI=1S/C19H37N5O.HI/c1-16-7-5-11-23(14-16)10-4-3-9-22-19(21-2)24-12-6-8-17(15-24)13-18(20)25;/h16-17H,3-15H2,1-2H3,(H2,20,25)(H,21,22);1H. The highest BCUT2D eigenvalue weighted by molar-refractivity contribution is 14.0. The van der Waals surface area contributed by atoms with Crippen LogP contribution in [0.3, 0.4) is 0 Å². The summed E-state index contributed by atoms with van der Waals surface area (Å²) in [4.78, 5) is 20.5. The number of amides is 1. The number of nitrogens with two attached hydrogens (primary N) is 1. The summed E-state index contributed by atoms with van der Waals surface area (Å²) in [6, 6.07) is 0. The fraction of sp³-hybridized carbons (Fsp3) is 0.895. The van der Waals surface area contributed by atoms with Crippen molar-refractivity contribution in [2.45, 2.75) is 51.9 Å². The zero-order valence-electron chi connectivity index (χ0n) is 16.6. The highest BCUT2D eigenvalue weighted by atomic mass is 127. The predicted molar refractivity (Wildman–Crippen MR) is 119 cm³/mol. The van der Waals surface area contributed by atoms with Gasteiger partial charge in [0, 0.05) is 39.6 Å². The largest absolute Gasteiger partial charge is 0.370 e. The van der Waals surface area contributed by atoms with Crippen molar-refractivity contribution in [1.29, 1.82) is 0 Å². The van der Waals surface area contributed by atoms with Gasteiger partial charge < -0.3 is 20.9 Å². The van der Waals surface area contributed by atoms with Crippen molar-refractivity contribution in [1.82, 2.24) is 15.1 Å². The topological polar surface area (TPSA) is 74.0 Å². The van der Waals surface area contributed by atoms with Gasteiger partial charge in [0.15, 0.2) is 5.96 Å². The van der Waals surface area contributed by atoms with Crippen LogP contribution in [-0.4, -0.2) is 68.0 Å². The molecule has 2 saturated heterocycles. The van der Waals surface area contributed by atoms with Crippen LogP contribution in [0.15, 0.2) is 4.99 Å². The van der Waals surface area contributed by atoms with Gasteiger partial charge in [0.1, 0.15) is 0 Å². The average Bonchev–Trinajstić information content (AvgIpc) is 2.58. The van der Waals surface area contributed by atoms with Gasteiger partial charge in [-0.3, -0.25) is 9.79 Å². The third-order valence-electron chi connectivity index (χ3n) is 5.45. The number of guanidine groups is 1. The number of hydrogen-bond acceptors (Lipinski definition) is 3. The molecule has 2 aliphatic heterocycles. The van der Waals surface area contributed by atoms with Crippen LogP contribution in [0.5, 0.6) is 0 Å². The van der Waals surface area contributed by atoms with Crippen molar-refractivity contribution < 1.29 is 4.79 Å². The first-order valence-corrected chi connectivity index (χ1v) is 10.0. The lowest BCUT2D eigenvalue weighted by atomic mass is 9.95. The minimum Gasteiger partial charge on any atom is -0.370 e. The van der Waals surface area contributed by atoms with Crippen LogP contribution in [0.4, 0.5) is 0 Å². The molecule has 0 aromatic rings. The highest BCUT2D eigenvalue weighted by Crippen LogP contribution is 2.19. The van der Waals surface area contributed by atoms with Gasteiger partial charge in [0.2, 0.25) is 5.91 Å². The number of primary amides is 1. The molecule has 2 fully saturated rings. The van der Waals surface area contributed by atoms with Gasteiger partial charge in [-0.05, 0) is 63.5 Å². The molecule has 152 valence electrons. The molecule has 26 heavy (non-hydrogen) atoms. The Labute approximate surface area is 176 Å². The smallest absolute Gasteiger partial charge is 0.217 e. The van der Waals surface area contributed by atoms with Crippen LogP contribution < -0.4 is 11.1 Å². The monoisotopic (exact) mass is 479 g/mol. The Morgan fingerprint density at radius 3 is 2.65 bits per heavy atom. The van der Waals surface area contributed by atoms with E-state index in [1.54, 1.807) is 0 Å². The molecule has 7 heteroatoms. The molecule has 0 saturated carbocycles. The number of carbonyl (C=O) groups excluding carboxylic acids is 1. The molecule has 1 amide bonds. The van der Waals surface area contributed by atoms with Crippen LogP contribution in [0.25, 0.3) is 0 Å². The van der Waals surface area contributed by atoms with Crippen LogP contribution in [0, 0.1) is 11.8 Å². The van der Waals surface area contributed by atoms with Gasteiger partial charge in [0.05, 0.1) is 0 Å². The zero-order chi connectivity index (χ0) is 18.1. The summed E-state index contributed by atoms with van der Waals surface area (Å²) in [5, 5.41) is 3.50. The van der Waals surface area contributed by atoms with Gasteiger partial charge in [-0.1, -0.05) is 6.92 Å². The molecule has 0 radical (unpaired) electrons. The number of halogens is 1. The van der Waals surface area contributed by atoms with E-state index in [-0.39, 0.29) is 29.9 Å². The van der Waals surface area contributed by atoms with Crippen molar-refractivity contribution in [3.05, 3.63) is 0 Å². The number of aliphatic imine (C=N–C) groups is 1. The van der Waals surface area contributed by atoms with Crippen molar-refractivity contribution in [2.75, 3.05) is 46.3 Å². The summed E-state index contributed by atoms with van der Waals surface area (Å²) in [7, 11) is 1.84. The second-order valence-electron chi connectivity index (χ2n) is 7.85.